The topological polar surface area (TPSA) is 84.5 Å². The first kappa shape index (κ1) is 17.3. The van der Waals surface area contributed by atoms with E-state index in [0.717, 1.165) is 18.4 Å². The van der Waals surface area contributed by atoms with Gasteiger partial charge in [-0.3, -0.25) is 9.52 Å². The summed E-state index contributed by atoms with van der Waals surface area (Å²) in [5.74, 6) is -0.0977. The Morgan fingerprint density at radius 3 is 2.40 bits per heavy atom. The third-order valence-corrected chi connectivity index (χ3v) is 5.33. The first-order valence-electron chi connectivity index (χ1n) is 7.97. The third-order valence-electron chi connectivity index (χ3n) is 3.93. The Morgan fingerprint density at radius 1 is 1.12 bits per heavy atom. The number of carbonyl (C=O) groups excluding carboxylic acids is 1. The number of rotatable bonds is 6. The van der Waals surface area contributed by atoms with Gasteiger partial charge in [0.1, 0.15) is 10.6 Å². The molecule has 0 heterocycles. The SMILES string of the molecule is COc1ccc(C(=O)NC2CC2)cc1S(=O)(=O)Nc1ccc(C)cc1. The van der Waals surface area contributed by atoms with Crippen LogP contribution in [-0.4, -0.2) is 27.5 Å². The number of methoxy groups -OCH3 is 1. The Bertz CT molecular complexity index is 888. The quantitative estimate of drug-likeness (QED) is 0.829. The van der Waals surface area contributed by atoms with Crippen LogP contribution in [-0.2, 0) is 10.0 Å². The molecule has 0 atom stereocenters. The monoisotopic (exact) mass is 360 g/mol. The third kappa shape index (κ3) is 4.11. The first-order valence-corrected chi connectivity index (χ1v) is 9.46. The normalized spacial score (nSPS) is 14.0. The van der Waals surface area contributed by atoms with Crippen molar-refractivity contribution in [1.82, 2.24) is 5.32 Å². The van der Waals surface area contributed by atoms with Gasteiger partial charge in [0.15, 0.2) is 0 Å². The zero-order chi connectivity index (χ0) is 18.0. The molecule has 2 aromatic carbocycles. The number of nitrogens with one attached hydrogen (secondary N) is 2. The summed E-state index contributed by atoms with van der Waals surface area (Å²) in [6, 6.07) is 11.6. The summed E-state index contributed by atoms with van der Waals surface area (Å²) in [5, 5.41) is 2.85. The van der Waals surface area contributed by atoms with Crippen LogP contribution in [0.5, 0.6) is 5.75 Å². The van der Waals surface area contributed by atoms with E-state index in [2.05, 4.69) is 10.0 Å². The molecule has 0 spiro atoms. The Labute approximate surface area is 147 Å². The lowest BCUT2D eigenvalue weighted by atomic mass is 10.2. The minimum Gasteiger partial charge on any atom is -0.495 e. The van der Waals surface area contributed by atoms with Crippen LogP contribution in [0.4, 0.5) is 5.69 Å². The molecule has 1 amide bonds. The number of carbonyl (C=O) groups is 1. The maximum Gasteiger partial charge on any atom is 0.265 e. The van der Waals surface area contributed by atoms with Gasteiger partial charge in [-0.25, -0.2) is 8.42 Å². The molecule has 0 aromatic heterocycles. The molecule has 3 rings (SSSR count). The van der Waals surface area contributed by atoms with Crippen molar-refractivity contribution in [3.05, 3.63) is 53.6 Å². The van der Waals surface area contributed by atoms with Crippen LogP contribution in [0, 0.1) is 6.92 Å². The fourth-order valence-corrected chi connectivity index (χ4v) is 3.61. The van der Waals surface area contributed by atoms with E-state index >= 15 is 0 Å². The minimum absolute atomic E-state index is 0.0704. The Balaban J connectivity index is 1.92. The fourth-order valence-electron chi connectivity index (χ4n) is 2.36. The van der Waals surface area contributed by atoms with Gasteiger partial charge in [0.2, 0.25) is 0 Å². The van der Waals surface area contributed by atoms with E-state index in [0.29, 0.717) is 5.69 Å². The number of hydrogen-bond donors (Lipinski definition) is 2. The van der Waals surface area contributed by atoms with Gasteiger partial charge >= 0.3 is 0 Å². The lowest BCUT2D eigenvalue weighted by Gasteiger charge is -2.13. The summed E-state index contributed by atoms with van der Waals surface area (Å²) in [6.45, 7) is 1.92. The average molecular weight is 360 g/mol. The van der Waals surface area contributed by atoms with E-state index in [4.69, 9.17) is 4.74 Å². The highest BCUT2D eigenvalue weighted by Gasteiger charge is 2.26. The van der Waals surface area contributed by atoms with Gasteiger partial charge in [-0.05, 0) is 50.1 Å². The van der Waals surface area contributed by atoms with E-state index < -0.39 is 10.0 Å². The second-order valence-corrected chi connectivity index (χ2v) is 7.74. The number of anilines is 1. The van der Waals surface area contributed by atoms with Crippen molar-refractivity contribution in [3.63, 3.8) is 0 Å². The maximum absolute atomic E-state index is 12.8. The molecule has 2 N–H and O–H groups in total. The van der Waals surface area contributed by atoms with Crippen molar-refractivity contribution in [2.45, 2.75) is 30.7 Å². The second-order valence-electron chi connectivity index (χ2n) is 6.08. The van der Waals surface area contributed by atoms with Crippen molar-refractivity contribution in [2.24, 2.45) is 0 Å². The van der Waals surface area contributed by atoms with Crippen LogP contribution in [0.15, 0.2) is 47.4 Å². The summed E-state index contributed by atoms with van der Waals surface area (Å²) >= 11 is 0. The van der Waals surface area contributed by atoms with Gasteiger partial charge in [-0.1, -0.05) is 17.7 Å². The first-order chi connectivity index (χ1) is 11.9. The van der Waals surface area contributed by atoms with Crippen LogP contribution in [0.1, 0.15) is 28.8 Å². The summed E-state index contributed by atoms with van der Waals surface area (Å²) in [7, 11) is -2.50. The van der Waals surface area contributed by atoms with Gasteiger partial charge in [-0.15, -0.1) is 0 Å². The van der Waals surface area contributed by atoms with Crippen LogP contribution in [0.3, 0.4) is 0 Å². The van der Waals surface area contributed by atoms with Crippen molar-refractivity contribution >= 4 is 21.6 Å². The van der Waals surface area contributed by atoms with E-state index in [1.54, 1.807) is 18.2 Å². The van der Waals surface area contributed by atoms with E-state index in [9.17, 15) is 13.2 Å². The number of ether oxygens (including phenoxy) is 1. The molecule has 25 heavy (non-hydrogen) atoms. The summed E-state index contributed by atoms with van der Waals surface area (Å²) < 4.78 is 33.2. The number of benzene rings is 2. The molecule has 1 aliphatic rings. The largest absolute Gasteiger partial charge is 0.495 e. The molecular formula is C18H20N2O4S. The Morgan fingerprint density at radius 2 is 1.80 bits per heavy atom. The van der Waals surface area contributed by atoms with Crippen LogP contribution < -0.4 is 14.8 Å². The van der Waals surface area contributed by atoms with Crippen LogP contribution >= 0.6 is 0 Å². The number of hydrogen-bond acceptors (Lipinski definition) is 4. The molecule has 0 bridgehead atoms. The van der Waals surface area contributed by atoms with Gasteiger partial charge < -0.3 is 10.1 Å². The molecule has 2 aromatic rings. The number of sulfonamides is 1. The summed E-state index contributed by atoms with van der Waals surface area (Å²) in [4.78, 5) is 12.1. The van der Waals surface area contributed by atoms with E-state index in [-0.39, 0.29) is 28.2 Å². The van der Waals surface area contributed by atoms with Gasteiger partial charge in [0, 0.05) is 17.3 Å². The molecule has 0 saturated heterocycles. The van der Waals surface area contributed by atoms with Crippen molar-refractivity contribution in [2.75, 3.05) is 11.8 Å². The predicted octanol–water partition coefficient (Wildman–Crippen LogP) is 2.70. The highest BCUT2D eigenvalue weighted by Crippen LogP contribution is 2.28. The Hall–Kier alpha value is -2.54. The van der Waals surface area contributed by atoms with Crippen molar-refractivity contribution < 1.29 is 17.9 Å². The zero-order valence-electron chi connectivity index (χ0n) is 14.1. The maximum atomic E-state index is 12.8. The molecule has 0 unspecified atom stereocenters. The molecule has 0 radical (unpaired) electrons. The molecule has 1 saturated carbocycles. The number of aryl methyl sites for hydroxylation is 1. The molecule has 7 heteroatoms. The fraction of sp³-hybridized carbons (Fsp3) is 0.278. The molecule has 132 valence electrons. The van der Waals surface area contributed by atoms with Crippen LogP contribution in [0.2, 0.25) is 0 Å². The predicted molar refractivity (Wildman–Crippen MR) is 95.5 cm³/mol. The lowest BCUT2D eigenvalue weighted by Crippen LogP contribution is -2.25. The Kier molecular flexibility index (Phi) is 4.67. The summed E-state index contributed by atoms with van der Waals surface area (Å²) in [5.41, 5.74) is 1.76. The van der Waals surface area contributed by atoms with Gasteiger partial charge in [-0.2, -0.15) is 0 Å². The lowest BCUT2D eigenvalue weighted by molar-refractivity contribution is 0.0951. The standard InChI is InChI=1S/C18H20N2O4S/c1-12-3-6-15(7-4-12)20-25(22,23)17-11-13(5-10-16(17)24-2)18(21)19-14-8-9-14/h3-7,10-11,14,20H,8-9H2,1-2H3,(H,19,21). The highest BCUT2D eigenvalue weighted by atomic mass is 32.2. The highest BCUT2D eigenvalue weighted by molar-refractivity contribution is 7.92. The molecule has 1 aliphatic carbocycles. The molecule has 0 aliphatic heterocycles. The van der Waals surface area contributed by atoms with Gasteiger partial charge in [0.05, 0.1) is 7.11 Å². The molecule has 1 fully saturated rings. The van der Waals surface area contributed by atoms with Crippen LogP contribution in [0.25, 0.3) is 0 Å². The van der Waals surface area contributed by atoms with Crippen molar-refractivity contribution in [3.8, 4) is 5.75 Å². The van der Waals surface area contributed by atoms with E-state index in [1.165, 1.54) is 19.2 Å². The smallest absolute Gasteiger partial charge is 0.265 e. The molecular weight excluding hydrogens is 340 g/mol. The molecule has 6 nitrogen and oxygen atoms in total. The zero-order valence-corrected chi connectivity index (χ0v) is 14.9. The van der Waals surface area contributed by atoms with E-state index in [1.807, 2.05) is 19.1 Å². The van der Waals surface area contributed by atoms with Crippen molar-refractivity contribution in [1.29, 1.82) is 0 Å². The van der Waals surface area contributed by atoms with Gasteiger partial charge in [0.25, 0.3) is 15.9 Å². The minimum atomic E-state index is -3.89. The average Bonchev–Trinajstić information content (AvgIpc) is 3.40. The summed E-state index contributed by atoms with van der Waals surface area (Å²) in [6.07, 6.45) is 1.92. The second kappa shape index (κ2) is 6.76. The number of amides is 1.